The Morgan fingerprint density at radius 3 is 2.41 bits per heavy atom. The zero-order valence-corrected chi connectivity index (χ0v) is 11.0. The minimum atomic E-state index is 0.650. The van der Waals surface area contributed by atoms with E-state index in [1.54, 1.807) is 0 Å². The highest BCUT2D eigenvalue weighted by Gasteiger charge is 2.05. The fraction of sp³-hybridized carbons (Fsp3) is 0.0714. The molecule has 0 spiro atoms. The molecule has 84 valence electrons. The second-order valence-electron chi connectivity index (χ2n) is 3.70. The van der Waals surface area contributed by atoms with E-state index in [9.17, 15) is 0 Å². The third-order valence-electron chi connectivity index (χ3n) is 2.54. The number of nitrogens with zero attached hydrogens (tertiary/aromatic N) is 2. The van der Waals surface area contributed by atoms with E-state index in [0.717, 1.165) is 15.8 Å². The standard InChI is InChI=1S/C14H11BrN2/c1-17(13-5-3-2-4-6-13)14-8-11(10-16)7-12(15)9-14/h2-9H,1H3. The minimum absolute atomic E-state index is 0.650. The lowest BCUT2D eigenvalue weighted by Crippen LogP contribution is -2.09. The van der Waals surface area contributed by atoms with E-state index in [2.05, 4.69) is 22.0 Å². The molecule has 3 heteroatoms. The van der Waals surface area contributed by atoms with Crippen LogP contribution in [-0.2, 0) is 0 Å². The number of benzene rings is 2. The number of anilines is 2. The number of hydrogen-bond donors (Lipinski definition) is 0. The van der Waals surface area contributed by atoms with Crippen LogP contribution in [0.25, 0.3) is 0 Å². The minimum Gasteiger partial charge on any atom is -0.345 e. The molecule has 0 bridgehead atoms. The number of para-hydroxylation sites is 1. The fourth-order valence-electron chi connectivity index (χ4n) is 1.63. The monoisotopic (exact) mass is 286 g/mol. The van der Waals surface area contributed by atoms with Crippen molar-refractivity contribution in [3.05, 3.63) is 58.6 Å². The second kappa shape index (κ2) is 5.03. The summed E-state index contributed by atoms with van der Waals surface area (Å²) in [5.41, 5.74) is 2.73. The van der Waals surface area contributed by atoms with Gasteiger partial charge in [0, 0.05) is 22.9 Å². The number of nitriles is 1. The molecule has 0 aliphatic carbocycles. The van der Waals surface area contributed by atoms with Crippen LogP contribution in [0.4, 0.5) is 11.4 Å². The van der Waals surface area contributed by atoms with Crippen molar-refractivity contribution in [2.24, 2.45) is 0 Å². The Kier molecular flexibility index (Phi) is 3.46. The van der Waals surface area contributed by atoms with Crippen molar-refractivity contribution in [3.8, 4) is 6.07 Å². The molecule has 0 saturated heterocycles. The van der Waals surface area contributed by atoms with E-state index in [0.29, 0.717) is 5.56 Å². The Morgan fingerprint density at radius 2 is 1.76 bits per heavy atom. The Morgan fingerprint density at radius 1 is 1.06 bits per heavy atom. The van der Waals surface area contributed by atoms with Crippen molar-refractivity contribution in [3.63, 3.8) is 0 Å². The first-order valence-corrected chi connectivity index (χ1v) is 5.99. The van der Waals surface area contributed by atoms with Gasteiger partial charge in [-0.05, 0) is 30.3 Å². The molecule has 0 saturated carbocycles. The Bertz CT molecular complexity index is 558. The van der Waals surface area contributed by atoms with E-state index in [4.69, 9.17) is 5.26 Å². The molecule has 0 aromatic heterocycles. The topological polar surface area (TPSA) is 27.0 Å². The van der Waals surface area contributed by atoms with Crippen LogP contribution in [0.15, 0.2) is 53.0 Å². The number of halogens is 1. The van der Waals surface area contributed by atoms with Crippen LogP contribution < -0.4 is 4.90 Å². The van der Waals surface area contributed by atoms with Crippen molar-refractivity contribution in [1.82, 2.24) is 0 Å². The normalized spacial score (nSPS) is 9.71. The molecule has 0 heterocycles. The summed E-state index contributed by atoms with van der Waals surface area (Å²) in [6, 6.07) is 17.9. The molecule has 0 aliphatic rings. The van der Waals surface area contributed by atoms with Crippen molar-refractivity contribution >= 4 is 27.3 Å². The van der Waals surface area contributed by atoms with Gasteiger partial charge in [0.15, 0.2) is 0 Å². The molecule has 0 radical (unpaired) electrons. The molecule has 2 aromatic rings. The van der Waals surface area contributed by atoms with E-state index in [1.807, 2.05) is 60.5 Å². The lowest BCUT2D eigenvalue weighted by Gasteiger charge is -2.19. The maximum atomic E-state index is 8.95. The van der Waals surface area contributed by atoms with E-state index in [-0.39, 0.29) is 0 Å². The first kappa shape index (κ1) is 11.7. The van der Waals surface area contributed by atoms with Gasteiger partial charge >= 0.3 is 0 Å². The predicted molar refractivity (Wildman–Crippen MR) is 73.4 cm³/mol. The maximum Gasteiger partial charge on any atom is 0.0992 e. The molecule has 2 nitrogen and oxygen atoms in total. The molecule has 0 N–H and O–H groups in total. The molecule has 0 aliphatic heterocycles. The molecule has 17 heavy (non-hydrogen) atoms. The van der Waals surface area contributed by atoms with Crippen LogP contribution in [-0.4, -0.2) is 7.05 Å². The van der Waals surface area contributed by atoms with Gasteiger partial charge in [-0.15, -0.1) is 0 Å². The molecule has 0 fully saturated rings. The smallest absolute Gasteiger partial charge is 0.0992 e. The molecule has 0 amide bonds. The van der Waals surface area contributed by atoms with Crippen molar-refractivity contribution < 1.29 is 0 Å². The zero-order valence-electron chi connectivity index (χ0n) is 9.39. The molecule has 0 unspecified atom stereocenters. The second-order valence-corrected chi connectivity index (χ2v) is 4.62. The summed E-state index contributed by atoms with van der Waals surface area (Å²) in [7, 11) is 1.98. The van der Waals surface area contributed by atoms with E-state index >= 15 is 0 Å². The average Bonchev–Trinajstić information content (AvgIpc) is 2.38. The van der Waals surface area contributed by atoms with Gasteiger partial charge in [0.25, 0.3) is 0 Å². The van der Waals surface area contributed by atoms with Gasteiger partial charge in [-0.2, -0.15) is 5.26 Å². The van der Waals surface area contributed by atoms with Crippen LogP contribution in [0, 0.1) is 11.3 Å². The van der Waals surface area contributed by atoms with E-state index < -0.39 is 0 Å². The quantitative estimate of drug-likeness (QED) is 0.831. The summed E-state index contributed by atoms with van der Waals surface area (Å²) in [5.74, 6) is 0. The van der Waals surface area contributed by atoms with Gasteiger partial charge in [-0.1, -0.05) is 34.1 Å². The van der Waals surface area contributed by atoms with Crippen molar-refractivity contribution in [1.29, 1.82) is 5.26 Å². The van der Waals surface area contributed by atoms with Crippen molar-refractivity contribution in [2.75, 3.05) is 11.9 Å². The summed E-state index contributed by atoms with van der Waals surface area (Å²) in [5, 5.41) is 8.95. The summed E-state index contributed by atoms with van der Waals surface area (Å²) in [6.07, 6.45) is 0. The van der Waals surface area contributed by atoms with Gasteiger partial charge in [0.1, 0.15) is 0 Å². The Balaban J connectivity index is 2.41. The lowest BCUT2D eigenvalue weighted by atomic mass is 10.2. The highest BCUT2D eigenvalue weighted by molar-refractivity contribution is 9.10. The Labute approximate surface area is 109 Å². The van der Waals surface area contributed by atoms with Crippen LogP contribution in [0.1, 0.15) is 5.56 Å². The van der Waals surface area contributed by atoms with Crippen LogP contribution in [0.3, 0.4) is 0 Å². The van der Waals surface area contributed by atoms with Crippen LogP contribution >= 0.6 is 15.9 Å². The molecular formula is C14H11BrN2. The third kappa shape index (κ3) is 2.66. The first-order chi connectivity index (χ1) is 8.20. The molecule has 2 aromatic carbocycles. The largest absolute Gasteiger partial charge is 0.345 e. The average molecular weight is 287 g/mol. The Hall–Kier alpha value is -1.79. The lowest BCUT2D eigenvalue weighted by molar-refractivity contribution is 1.20. The maximum absolute atomic E-state index is 8.95. The summed E-state index contributed by atoms with van der Waals surface area (Å²) >= 11 is 3.42. The van der Waals surface area contributed by atoms with Gasteiger partial charge in [0.2, 0.25) is 0 Å². The van der Waals surface area contributed by atoms with Crippen LogP contribution in [0.5, 0.6) is 0 Å². The zero-order chi connectivity index (χ0) is 12.3. The highest BCUT2D eigenvalue weighted by atomic mass is 79.9. The van der Waals surface area contributed by atoms with E-state index in [1.165, 1.54) is 0 Å². The molecule has 0 atom stereocenters. The van der Waals surface area contributed by atoms with Gasteiger partial charge in [-0.25, -0.2) is 0 Å². The number of rotatable bonds is 2. The summed E-state index contributed by atoms with van der Waals surface area (Å²) < 4.78 is 0.911. The third-order valence-corrected chi connectivity index (χ3v) is 3.00. The van der Waals surface area contributed by atoms with Gasteiger partial charge < -0.3 is 4.90 Å². The van der Waals surface area contributed by atoms with Crippen LogP contribution in [0.2, 0.25) is 0 Å². The van der Waals surface area contributed by atoms with Gasteiger partial charge in [0.05, 0.1) is 11.6 Å². The fourth-order valence-corrected chi connectivity index (χ4v) is 2.11. The molecule has 2 rings (SSSR count). The molecular weight excluding hydrogens is 276 g/mol. The van der Waals surface area contributed by atoms with Gasteiger partial charge in [-0.3, -0.25) is 0 Å². The summed E-state index contributed by atoms with van der Waals surface area (Å²) in [4.78, 5) is 2.05. The number of hydrogen-bond acceptors (Lipinski definition) is 2. The highest BCUT2D eigenvalue weighted by Crippen LogP contribution is 2.27. The summed E-state index contributed by atoms with van der Waals surface area (Å²) in [6.45, 7) is 0. The SMILES string of the molecule is CN(c1ccccc1)c1cc(Br)cc(C#N)c1. The predicted octanol–water partition coefficient (Wildman–Crippen LogP) is 4.09. The first-order valence-electron chi connectivity index (χ1n) is 5.20. The van der Waals surface area contributed by atoms with Crippen molar-refractivity contribution in [2.45, 2.75) is 0 Å².